The Morgan fingerprint density at radius 3 is 2.32 bits per heavy atom. The number of rotatable bonds is 6. The number of hydrogen-bond donors (Lipinski definition) is 1. The van der Waals surface area contributed by atoms with Gasteiger partial charge in [-0.15, -0.1) is 11.3 Å². The van der Waals surface area contributed by atoms with Crippen molar-refractivity contribution in [3.8, 4) is 11.1 Å². The second kappa shape index (κ2) is 9.75. The number of carbonyl (C=O) groups excluding carboxylic acids is 2. The lowest BCUT2D eigenvalue weighted by molar-refractivity contribution is -0.111. The Kier molecular flexibility index (Phi) is 7.08. The molecular weight excluding hydrogens is 406 g/mol. The summed E-state index contributed by atoms with van der Waals surface area (Å²) in [5.41, 5.74) is 4.29. The van der Waals surface area contributed by atoms with Crippen molar-refractivity contribution in [3.63, 3.8) is 0 Å². The lowest BCUT2D eigenvalue weighted by Gasteiger charge is -2.18. The zero-order chi connectivity index (χ0) is 22.4. The number of benzene rings is 2. The highest BCUT2D eigenvalue weighted by Crippen LogP contribution is 2.36. The number of carbonyl (C=O) groups is 2. The molecule has 1 N–H and O–H groups in total. The van der Waals surface area contributed by atoms with Gasteiger partial charge in [0.25, 0.3) is 0 Å². The molecular formula is C26H27NO3S. The molecule has 0 fully saturated rings. The molecule has 0 atom stereocenters. The predicted molar refractivity (Wildman–Crippen MR) is 129 cm³/mol. The lowest BCUT2D eigenvalue weighted by Crippen LogP contribution is -2.12. The van der Waals surface area contributed by atoms with E-state index in [0.29, 0.717) is 10.6 Å². The minimum atomic E-state index is -0.445. The van der Waals surface area contributed by atoms with Crippen molar-refractivity contribution in [2.45, 2.75) is 33.1 Å². The van der Waals surface area contributed by atoms with E-state index < -0.39 is 5.97 Å². The summed E-state index contributed by atoms with van der Waals surface area (Å²) in [7, 11) is 0. The highest BCUT2D eigenvalue weighted by molar-refractivity contribution is 7.15. The molecule has 0 saturated heterocycles. The summed E-state index contributed by atoms with van der Waals surface area (Å²) in [6.07, 6.45) is 3.24. The van der Waals surface area contributed by atoms with Gasteiger partial charge in [-0.2, -0.15) is 0 Å². The van der Waals surface area contributed by atoms with Crippen LogP contribution >= 0.6 is 11.3 Å². The molecule has 5 heteroatoms. The van der Waals surface area contributed by atoms with E-state index in [2.05, 4.69) is 38.2 Å². The molecule has 2 aromatic carbocycles. The van der Waals surface area contributed by atoms with E-state index in [9.17, 15) is 9.59 Å². The van der Waals surface area contributed by atoms with Gasteiger partial charge in [0.2, 0.25) is 5.91 Å². The maximum absolute atomic E-state index is 12.6. The van der Waals surface area contributed by atoms with Gasteiger partial charge in [-0.25, -0.2) is 4.79 Å². The molecule has 0 spiro atoms. The van der Waals surface area contributed by atoms with Crippen molar-refractivity contribution in [2.75, 3.05) is 11.9 Å². The van der Waals surface area contributed by atoms with Crippen molar-refractivity contribution < 1.29 is 14.3 Å². The van der Waals surface area contributed by atoms with E-state index in [4.69, 9.17) is 4.74 Å². The molecule has 3 rings (SSSR count). The first kappa shape index (κ1) is 22.5. The van der Waals surface area contributed by atoms with Crippen LogP contribution in [0.2, 0.25) is 0 Å². The van der Waals surface area contributed by atoms with Gasteiger partial charge in [-0.1, -0.05) is 75.4 Å². The van der Waals surface area contributed by atoms with E-state index in [-0.39, 0.29) is 17.9 Å². The van der Waals surface area contributed by atoms with Crippen LogP contribution in [0.3, 0.4) is 0 Å². The Hall–Kier alpha value is -3.18. The summed E-state index contributed by atoms with van der Waals surface area (Å²) in [6.45, 7) is 8.52. The molecule has 1 amide bonds. The van der Waals surface area contributed by atoms with E-state index >= 15 is 0 Å². The number of esters is 1. The normalized spacial score (nSPS) is 11.5. The van der Waals surface area contributed by atoms with Gasteiger partial charge >= 0.3 is 5.97 Å². The Labute approximate surface area is 187 Å². The van der Waals surface area contributed by atoms with Crippen LogP contribution in [0.5, 0.6) is 0 Å². The molecule has 31 heavy (non-hydrogen) atoms. The van der Waals surface area contributed by atoms with E-state index in [1.54, 1.807) is 13.0 Å². The highest BCUT2D eigenvalue weighted by atomic mass is 32.1. The van der Waals surface area contributed by atoms with Crippen LogP contribution in [-0.2, 0) is 14.9 Å². The average Bonchev–Trinajstić information content (AvgIpc) is 3.16. The molecule has 0 saturated carbocycles. The van der Waals surface area contributed by atoms with Gasteiger partial charge in [-0.3, -0.25) is 4.79 Å². The second-order valence-electron chi connectivity index (χ2n) is 8.13. The van der Waals surface area contributed by atoms with Crippen molar-refractivity contribution in [1.29, 1.82) is 0 Å². The molecule has 160 valence electrons. The third-order valence-electron chi connectivity index (χ3n) is 4.80. The summed E-state index contributed by atoms with van der Waals surface area (Å²) < 4.78 is 5.24. The van der Waals surface area contributed by atoms with Gasteiger partial charge < -0.3 is 10.1 Å². The second-order valence-corrected chi connectivity index (χ2v) is 9.01. The van der Waals surface area contributed by atoms with Gasteiger partial charge in [0.05, 0.1) is 6.61 Å². The molecule has 0 bridgehead atoms. The maximum atomic E-state index is 12.6. The Balaban J connectivity index is 1.80. The fraction of sp³-hybridized carbons (Fsp3) is 0.231. The van der Waals surface area contributed by atoms with Crippen LogP contribution < -0.4 is 5.32 Å². The van der Waals surface area contributed by atoms with Gasteiger partial charge in [0.15, 0.2) is 0 Å². The highest BCUT2D eigenvalue weighted by Gasteiger charge is 2.22. The largest absolute Gasteiger partial charge is 0.462 e. The number of nitrogens with one attached hydrogen (secondary N) is 1. The SMILES string of the molecule is CCOC(=O)c1c(-c2ccccc2)csc1NC(=O)C=Cc1ccc(C(C)(C)C)cc1. The first-order valence-corrected chi connectivity index (χ1v) is 11.1. The maximum Gasteiger partial charge on any atom is 0.341 e. The summed E-state index contributed by atoms with van der Waals surface area (Å²) in [6, 6.07) is 17.7. The molecule has 0 aliphatic carbocycles. The number of thiophene rings is 1. The van der Waals surface area contributed by atoms with Crippen LogP contribution in [0, 0.1) is 0 Å². The van der Waals surface area contributed by atoms with Gasteiger partial charge in [0, 0.05) is 17.0 Å². The summed E-state index contributed by atoms with van der Waals surface area (Å²) in [5, 5.41) is 5.19. The molecule has 0 unspecified atom stereocenters. The fourth-order valence-corrected chi connectivity index (χ4v) is 4.07. The minimum Gasteiger partial charge on any atom is -0.462 e. The number of anilines is 1. The Morgan fingerprint density at radius 1 is 1.03 bits per heavy atom. The third-order valence-corrected chi connectivity index (χ3v) is 5.69. The van der Waals surface area contributed by atoms with E-state index in [1.807, 2.05) is 47.8 Å². The Bertz CT molecular complexity index is 1070. The van der Waals surface area contributed by atoms with Crippen molar-refractivity contribution in [1.82, 2.24) is 0 Å². The minimum absolute atomic E-state index is 0.0821. The predicted octanol–water partition coefficient (Wildman–Crippen LogP) is 6.54. The summed E-state index contributed by atoms with van der Waals surface area (Å²) >= 11 is 1.31. The molecule has 1 heterocycles. The van der Waals surface area contributed by atoms with Gasteiger partial charge in [0.1, 0.15) is 10.6 Å². The molecule has 0 radical (unpaired) electrons. The first-order chi connectivity index (χ1) is 14.8. The average molecular weight is 434 g/mol. The van der Waals surface area contributed by atoms with Crippen LogP contribution in [0.1, 0.15) is 49.2 Å². The summed E-state index contributed by atoms with van der Waals surface area (Å²) in [4.78, 5) is 25.2. The smallest absolute Gasteiger partial charge is 0.341 e. The van der Waals surface area contributed by atoms with Crippen LogP contribution in [0.15, 0.2) is 66.1 Å². The van der Waals surface area contributed by atoms with Gasteiger partial charge in [-0.05, 0) is 35.1 Å². The monoisotopic (exact) mass is 433 g/mol. The zero-order valence-electron chi connectivity index (χ0n) is 18.3. The topological polar surface area (TPSA) is 55.4 Å². The zero-order valence-corrected chi connectivity index (χ0v) is 19.1. The van der Waals surface area contributed by atoms with Crippen LogP contribution in [0.25, 0.3) is 17.2 Å². The first-order valence-electron chi connectivity index (χ1n) is 10.2. The fourth-order valence-electron chi connectivity index (χ4n) is 3.11. The molecule has 4 nitrogen and oxygen atoms in total. The van der Waals surface area contributed by atoms with Crippen molar-refractivity contribution in [2.24, 2.45) is 0 Å². The quantitative estimate of drug-likeness (QED) is 0.355. The van der Waals surface area contributed by atoms with Crippen molar-refractivity contribution in [3.05, 3.63) is 82.7 Å². The number of hydrogen-bond acceptors (Lipinski definition) is 4. The summed E-state index contributed by atoms with van der Waals surface area (Å²) in [5.74, 6) is -0.744. The standard InChI is InChI=1S/C26H27NO3S/c1-5-30-25(29)23-21(19-9-7-6-8-10-19)17-31-24(23)27-22(28)16-13-18-11-14-20(15-12-18)26(2,3)4/h6-17H,5H2,1-4H3,(H,27,28). The molecule has 0 aliphatic heterocycles. The van der Waals surface area contributed by atoms with Crippen molar-refractivity contribution >= 4 is 34.3 Å². The molecule has 1 aromatic heterocycles. The lowest BCUT2D eigenvalue weighted by atomic mass is 9.87. The van der Waals surface area contributed by atoms with Crippen LogP contribution in [-0.4, -0.2) is 18.5 Å². The van der Waals surface area contributed by atoms with E-state index in [1.165, 1.54) is 23.0 Å². The van der Waals surface area contributed by atoms with Crippen LogP contribution in [0.4, 0.5) is 5.00 Å². The molecule has 0 aliphatic rings. The Morgan fingerprint density at radius 2 is 1.71 bits per heavy atom. The number of amides is 1. The molecule has 3 aromatic rings. The third kappa shape index (κ3) is 5.70. The number of ether oxygens (including phenoxy) is 1. The van der Waals surface area contributed by atoms with E-state index in [0.717, 1.165) is 16.7 Å².